The Morgan fingerprint density at radius 2 is 2.04 bits per heavy atom. The van der Waals surface area contributed by atoms with E-state index < -0.39 is 0 Å². The molecule has 0 saturated carbocycles. The second kappa shape index (κ2) is 8.51. The van der Waals surface area contributed by atoms with Gasteiger partial charge in [0.2, 0.25) is 11.8 Å². The average Bonchev–Trinajstić information content (AvgIpc) is 3.28. The van der Waals surface area contributed by atoms with Crippen LogP contribution in [0.5, 0.6) is 0 Å². The second-order valence-corrected chi connectivity index (χ2v) is 7.47. The summed E-state index contributed by atoms with van der Waals surface area (Å²) in [6, 6.07) is 5.26. The van der Waals surface area contributed by atoms with E-state index >= 15 is 0 Å². The van der Waals surface area contributed by atoms with Crippen LogP contribution in [0.1, 0.15) is 30.5 Å². The van der Waals surface area contributed by atoms with Crippen molar-refractivity contribution in [1.29, 1.82) is 0 Å². The first-order chi connectivity index (χ1) is 12.5. The average molecular weight is 393 g/mol. The molecule has 2 amide bonds. The molecule has 1 aliphatic heterocycles. The Labute approximate surface area is 161 Å². The fraction of sp³-hybridized carbons (Fsp3) is 0.389. The molecule has 0 unspecified atom stereocenters. The summed E-state index contributed by atoms with van der Waals surface area (Å²) in [5, 5.41) is 8.98. The molecule has 2 aromatic rings. The van der Waals surface area contributed by atoms with E-state index in [1.54, 1.807) is 29.5 Å². The van der Waals surface area contributed by atoms with Crippen LogP contribution < -0.4 is 15.5 Å². The number of hydrogen-bond donors (Lipinski definition) is 2. The monoisotopic (exact) mass is 392 g/mol. The van der Waals surface area contributed by atoms with Gasteiger partial charge in [0.1, 0.15) is 6.42 Å². The molecule has 1 aromatic heterocycles. The first-order valence-corrected chi connectivity index (χ1v) is 9.79. The van der Waals surface area contributed by atoms with Gasteiger partial charge >= 0.3 is 0 Å². The van der Waals surface area contributed by atoms with E-state index in [-0.39, 0.29) is 18.2 Å². The van der Waals surface area contributed by atoms with Crippen LogP contribution in [0.3, 0.4) is 0 Å². The van der Waals surface area contributed by atoms with Crippen molar-refractivity contribution in [1.82, 2.24) is 10.3 Å². The topological polar surface area (TPSA) is 74.3 Å². The van der Waals surface area contributed by atoms with Gasteiger partial charge in [-0.3, -0.25) is 9.59 Å². The molecule has 2 heterocycles. The summed E-state index contributed by atoms with van der Waals surface area (Å²) in [6.45, 7) is 4.23. The third-order valence-electron chi connectivity index (χ3n) is 4.25. The molecule has 1 fully saturated rings. The van der Waals surface area contributed by atoms with Crippen LogP contribution in [0, 0.1) is 6.92 Å². The molecule has 0 aliphatic carbocycles. The van der Waals surface area contributed by atoms with Crippen LogP contribution in [0.4, 0.5) is 10.8 Å². The van der Waals surface area contributed by atoms with Crippen molar-refractivity contribution < 1.29 is 9.59 Å². The quantitative estimate of drug-likeness (QED) is 0.739. The van der Waals surface area contributed by atoms with Crippen LogP contribution in [-0.2, 0) is 16.1 Å². The number of nitrogens with one attached hydrogen (secondary N) is 2. The summed E-state index contributed by atoms with van der Waals surface area (Å²) in [5.74, 6) is -0.707. The Hall–Kier alpha value is -2.12. The molecule has 3 rings (SSSR count). The van der Waals surface area contributed by atoms with Gasteiger partial charge in [0.25, 0.3) is 0 Å². The Morgan fingerprint density at radius 1 is 1.27 bits per heavy atom. The molecular weight excluding hydrogens is 372 g/mol. The highest BCUT2D eigenvalue weighted by atomic mass is 35.5. The van der Waals surface area contributed by atoms with Crippen LogP contribution in [0.2, 0.25) is 5.02 Å². The van der Waals surface area contributed by atoms with Crippen molar-refractivity contribution in [3.05, 3.63) is 39.9 Å². The maximum absolute atomic E-state index is 12.0. The maximum Gasteiger partial charge on any atom is 0.233 e. The first-order valence-electron chi connectivity index (χ1n) is 8.54. The van der Waals surface area contributed by atoms with E-state index in [2.05, 4.69) is 20.5 Å². The molecule has 8 heteroatoms. The van der Waals surface area contributed by atoms with Gasteiger partial charge in [-0.05, 0) is 37.5 Å². The van der Waals surface area contributed by atoms with Gasteiger partial charge < -0.3 is 15.5 Å². The lowest BCUT2D eigenvalue weighted by atomic mass is 10.2. The standard InChI is InChI=1S/C18H21ClN4O2S/c1-12-14(19)5-4-6-15(12)22-17(25)9-16(24)20-10-13-11-26-18(21-13)23-7-2-3-8-23/h4-6,11H,2-3,7-10H2,1H3,(H,20,24)(H,22,25). The number of rotatable bonds is 6. The summed E-state index contributed by atoms with van der Waals surface area (Å²) in [4.78, 5) is 30.8. The summed E-state index contributed by atoms with van der Waals surface area (Å²) in [6.07, 6.45) is 2.16. The van der Waals surface area contributed by atoms with Crippen LogP contribution in [0.25, 0.3) is 0 Å². The molecule has 0 spiro atoms. The van der Waals surface area contributed by atoms with Crippen LogP contribution in [-0.4, -0.2) is 29.9 Å². The molecule has 26 heavy (non-hydrogen) atoms. The number of aromatic nitrogens is 1. The van der Waals surface area contributed by atoms with Gasteiger partial charge in [-0.2, -0.15) is 0 Å². The number of nitrogens with zero attached hydrogens (tertiary/aromatic N) is 2. The number of carbonyl (C=O) groups is 2. The first kappa shape index (κ1) is 18.7. The zero-order valence-electron chi connectivity index (χ0n) is 14.5. The van der Waals surface area contributed by atoms with Crippen molar-refractivity contribution in [2.75, 3.05) is 23.3 Å². The second-order valence-electron chi connectivity index (χ2n) is 6.23. The Kier molecular flexibility index (Phi) is 6.11. The van der Waals surface area contributed by atoms with Gasteiger partial charge in [0.15, 0.2) is 5.13 Å². The highest BCUT2D eigenvalue weighted by molar-refractivity contribution is 7.13. The third-order valence-corrected chi connectivity index (χ3v) is 5.61. The SMILES string of the molecule is Cc1c(Cl)cccc1NC(=O)CC(=O)NCc1csc(N2CCCC2)n1. The molecule has 1 aromatic carbocycles. The smallest absolute Gasteiger partial charge is 0.233 e. The molecule has 1 aliphatic rings. The zero-order valence-corrected chi connectivity index (χ0v) is 16.1. The molecular formula is C18H21ClN4O2S. The number of benzene rings is 1. The van der Waals surface area contributed by atoms with Crippen molar-refractivity contribution in [3.63, 3.8) is 0 Å². The van der Waals surface area contributed by atoms with Crippen molar-refractivity contribution in [2.45, 2.75) is 32.7 Å². The predicted molar refractivity (Wildman–Crippen MR) is 105 cm³/mol. The number of hydrogen-bond acceptors (Lipinski definition) is 5. The normalized spacial score (nSPS) is 13.7. The van der Waals surface area contributed by atoms with Crippen LogP contribution in [0.15, 0.2) is 23.6 Å². The lowest BCUT2D eigenvalue weighted by molar-refractivity contribution is -0.126. The summed E-state index contributed by atoms with van der Waals surface area (Å²) >= 11 is 7.62. The summed E-state index contributed by atoms with van der Waals surface area (Å²) < 4.78 is 0. The summed E-state index contributed by atoms with van der Waals surface area (Å²) in [5.41, 5.74) is 2.21. The fourth-order valence-electron chi connectivity index (χ4n) is 2.77. The highest BCUT2D eigenvalue weighted by Gasteiger charge is 2.16. The minimum atomic E-state index is -0.371. The van der Waals surface area contributed by atoms with E-state index in [1.165, 1.54) is 12.8 Å². The molecule has 6 nitrogen and oxygen atoms in total. The fourth-order valence-corrected chi connectivity index (χ4v) is 3.82. The van der Waals surface area contributed by atoms with E-state index in [0.29, 0.717) is 17.3 Å². The lowest BCUT2D eigenvalue weighted by Crippen LogP contribution is -2.28. The van der Waals surface area contributed by atoms with Crippen molar-refractivity contribution in [3.8, 4) is 0 Å². The Morgan fingerprint density at radius 3 is 2.81 bits per heavy atom. The maximum atomic E-state index is 12.0. The summed E-state index contributed by atoms with van der Waals surface area (Å²) in [7, 11) is 0. The number of carbonyl (C=O) groups excluding carboxylic acids is 2. The molecule has 138 valence electrons. The van der Waals surface area contributed by atoms with Gasteiger partial charge in [0.05, 0.1) is 12.2 Å². The largest absolute Gasteiger partial charge is 0.350 e. The zero-order chi connectivity index (χ0) is 18.5. The Bertz CT molecular complexity index is 802. The lowest BCUT2D eigenvalue weighted by Gasteiger charge is -2.12. The molecule has 0 bridgehead atoms. The van der Waals surface area contributed by atoms with Crippen LogP contribution >= 0.6 is 22.9 Å². The van der Waals surface area contributed by atoms with Crippen molar-refractivity contribution in [2.24, 2.45) is 0 Å². The van der Waals surface area contributed by atoms with E-state index in [9.17, 15) is 9.59 Å². The molecule has 1 saturated heterocycles. The molecule has 0 radical (unpaired) electrons. The number of amides is 2. The van der Waals surface area contributed by atoms with E-state index in [0.717, 1.165) is 29.5 Å². The number of halogens is 1. The van der Waals surface area contributed by atoms with Gasteiger partial charge in [0, 0.05) is 29.2 Å². The van der Waals surface area contributed by atoms with Gasteiger partial charge in [-0.15, -0.1) is 11.3 Å². The predicted octanol–water partition coefficient (Wildman–Crippen LogP) is 3.35. The van der Waals surface area contributed by atoms with Gasteiger partial charge in [-0.1, -0.05) is 17.7 Å². The van der Waals surface area contributed by atoms with E-state index in [4.69, 9.17) is 11.6 Å². The minimum absolute atomic E-state index is 0.241. The minimum Gasteiger partial charge on any atom is -0.350 e. The molecule has 2 N–H and O–H groups in total. The number of thiazole rings is 1. The highest BCUT2D eigenvalue weighted by Crippen LogP contribution is 2.24. The molecule has 0 atom stereocenters. The van der Waals surface area contributed by atoms with Crippen molar-refractivity contribution >= 4 is 45.6 Å². The Balaban J connectivity index is 1.46. The van der Waals surface area contributed by atoms with Gasteiger partial charge in [-0.25, -0.2) is 4.98 Å². The third kappa shape index (κ3) is 4.74. The number of anilines is 2. The van der Waals surface area contributed by atoms with E-state index in [1.807, 2.05) is 12.3 Å².